The van der Waals surface area contributed by atoms with Gasteiger partial charge in [-0.3, -0.25) is 9.59 Å². The smallest absolute Gasteiger partial charge is 0.261 e. The van der Waals surface area contributed by atoms with E-state index in [0.29, 0.717) is 12.3 Å². The molecule has 2 aromatic carbocycles. The number of ether oxygens (including phenoxy) is 1. The second kappa shape index (κ2) is 9.79. The van der Waals surface area contributed by atoms with Crippen molar-refractivity contribution in [1.82, 2.24) is 10.2 Å². The molecule has 0 aromatic heterocycles. The van der Waals surface area contributed by atoms with Gasteiger partial charge in [-0.1, -0.05) is 42.0 Å². The molecular formula is C25H34N2O3. The number of carbonyl (C=O) groups is 2. The van der Waals surface area contributed by atoms with Crippen LogP contribution in [-0.2, 0) is 16.1 Å². The molecular weight excluding hydrogens is 376 g/mol. The maximum Gasteiger partial charge on any atom is 0.261 e. The van der Waals surface area contributed by atoms with Crippen LogP contribution in [0.1, 0.15) is 49.9 Å². The third kappa shape index (κ3) is 6.90. The Morgan fingerprint density at radius 1 is 1.03 bits per heavy atom. The van der Waals surface area contributed by atoms with E-state index in [1.165, 1.54) is 0 Å². The number of nitrogens with one attached hydrogen (secondary N) is 1. The molecule has 0 heterocycles. The van der Waals surface area contributed by atoms with Crippen molar-refractivity contribution in [3.8, 4) is 5.75 Å². The first-order valence-electron chi connectivity index (χ1n) is 10.3. The van der Waals surface area contributed by atoms with Gasteiger partial charge in [0.15, 0.2) is 6.61 Å². The van der Waals surface area contributed by atoms with Gasteiger partial charge >= 0.3 is 0 Å². The predicted molar refractivity (Wildman–Crippen MR) is 120 cm³/mol. The van der Waals surface area contributed by atoms with Gasteiger partial charge in [-0.2, -0.15) is 0 Å². The highest BCUT2D eigenvalue weighted by Crippen LogP contribution is 2.20. The molecule has 0 aliphatic heterocycles. The predicted octanol–water partition coefficient (Wildman–Crippen LogP) is 4.32. The fourth-order valence-corrected chi connectivity index (χ4v) is 3.15. The van der Waals surface area contributed by atoms with Crippen LogP contribution in [0.4, 0.5) is 0 Å². The van der Waals surface area contributed by atoms with Crippen molar-refractivity contribution in [3.63, 3.8) is 0 Å². The van der Waals surface area contributed by atoms with E-state index >= 15 is 0 Å². The van der Waals surface area contributed by atoms with Crippen LogP contribution in [-0.4, -0.2) is 34.9 Å². The first-order chi connectivity index (χ1) is 14.0. The number of amides is 2. The Kier molecular flexibility index (Phi) is 7.65. The molecule has 2 rings (SSSR count). The molecule has 0 spiro atoms. The average molecular weight is 411 g/mol. The van der Waals surface area contributed by atoms with Crippen molar-refractivity contribution in [2.75, 3.05) is 6.61 Å². The van der Waals surface area contributed by atoms with Gasteiger partial charge in [-0.15, -0.1) is 0 Å². The molecule has 0 saturated heterocycles. The zero-order chi connectivity index (χ0) is 22.5. The molecule has 2 amide bonds. The minimum Gasteiger partial charge on any atom is -0.483 e. The summed E-state index contributed by atoms with van der Waals surface area (Å²) in [6.45, 7) is 13.7. The lowest BCUT2D eigenvalue weighted by Crippen LogP contribution is -2.53. The van der Waals surface area contributed by atoms with Gasteiger partial charge < -0.3 is 15.0 Å². The fourth-order valence-electron chi connectivity index (χ4n) is 3.15. The van der Waals surface area contributed by atoms with Crippen LogP contribution in [0.25, 0.3) is 0 Å². The minimum atomic E-state index is -0.626. The number of rotatable bonds is 7. The minimum absolute atomic E-state index is 0.122. The van der Waals surface area contributed by atoms with Crippen molar-refractivity contribution in [2.45, 2.75) is 66.6 Å². The molecule has 2 aromatic rings. The number of benzene rings is 2. The normalized spacial score (nSPS) is 12.2. The molecule has 0 unspecified atom stereocenters. The van der Waals surface area contributed by atoms with Gasteiger partial charge in [0.2, 0.25) is 5.91 Å². The monoisotopic (exact) mass is 410 g/mol. The zero-order valence-corrected chi connectivity index (χ0v) is 19.2. The standard InChI is InChI=1S/C25H34N2O3/c1-17-9-8-10-21(13-17)15-27(20(4)24(29)26-25(5,6)7)23(28)16-30-22-14-18(2)11-12-19(22)3/h8-14,20H,15-16H2,1-7H3,(H,26,29)/t20-/m0/s1. The van der Waals surface area contributed by atoms with Crippen molar-refractivity contribution in [3.05, 3.63) is 64.7 Å². The van der Waals surface area contributed by atoms with E-state index < -0.39 is 6.04 Å². The number of nitrogens with zero attached hydrogens (tertiary/aromatic N) is 1. The summed E-state index contributed by atoms with van der Waals surface area (Å²) in [5.41, 5.74) is 3.75. The second-order valence-electron chi connectivity index (χ2n) is 8.98. The Balaban J connectivity index is 2.21. The van der Waals surface area contributed by atoms with Gasteiger partial charge in [0.05, 0.1) is 0 Å². The Morgan fingerprint density at radius 3 is 2.33 bits per heavy atom. The van der Waals surface area contributed by atoms with Crippen LogP contribution >= 0.6 is 0 Å². The van der Waals surface area contributed by atoms with E-state index in [1.807, 2.05) is 84.0 Å². The van der Waals surface area contributed by atoms with E-state index in [1.54, 1.807) is 11.8 Å². The molecule has 0 fully saturated rings. The molecule has 0 radical (unpaired) electrons. The van der Waals surface area contributed by atoms with Crippen LogP contribution in [0.5, 0.6) is 5.75 Å². The third-order valence-electron chi connectivity index (χ3n) is 4.80. The van der Waals surface area contributed by atoms with Crippen LogP contribution in [0, 0.1) is 20.8 Å². The Bertz CT molecular complexity index is 900. The van der Waals surface area contributed by atoms with E-state index in [4.69, 9.17) is 4.74 Å². The van der Waals surface area contributed by atoms with E-state index in [2.05, 4.69) is 5.32 Å². The average Bonchev–Trinajstić information content (AvgIpc) is 2.64. The van der Waals surface area contributed by atoms with E-state index in [-0.39, 0.29) is 24.0 Å². The number of carbonyl (C=O) groups excluding carboxylic acids is 2. The quantitative estimate of drug-likeness (QED) is 0.739. The molecule has 30 heavy (non-hydrogen) atoms. The van der Waals surface area contributed by atoms with Crippen molar-refractivity contribution in [2.24, 2.45) is 0 Å². The van der Waals surface area contributed by atoms with Gasteiger partial charge in [-0.25, -0.2) is 0 Å². The lowest BCUT2D eigenvalue weighted by atomic mass is 10.1. The van der Waals surface area contributed by atoms with E-state index in [9.17, 15) is 9.59 Å². The Hall–Kier alpha value is -2.82. The summed E-state index contributed by atoms with van der Waals surface area (Å²) >= 11 is 0. The van der Waals surface area contributed by atoms with Gasteiger partial charge in [0.1, 0.15) is 11.8 Å². The Labute approximate surface area is 180 Å². The second-order valence-corrected chi connectivity index (χ2v) is 8.98. The largest absolute Gasteiger partial charge is 0.483 e. The highest BCUT2D eigenvalue weighted by molar-refractivity contribution is 5.88. The highest BCUT2D eigenvalue weighted by Gasteiger charge is 2.28. The van der Waals surface area contributed by atoms with Crippen molar-refractivity contribution < 1.29 is 14.3 Å². The molecule has 1 atom stereocenters. The Morgan fingerprint density at radius 2 is 1.70 bits per heavy atom. The lowest BCUT2D eigenvalue weighted by molar-refractivity contribution is -0.142. The molecule has 1 N–H and O–H groups in total. The lowest BCUT2D eigenvalue weighted by Gasteiger charge is -2.31. The van der Waals surface area contributed by atoms with Gasteiger partial charge in [-0.05, 0) is 71.2 Å². The highest BCUT2D eigenvalue weighted by atomic mass is 16.5. The number of hydrogen-bond acceptors (Lipinski definition) is 3. The van der Waals surface area contributed by atoms with Crippen LogP contribution in [0.15, 0.2) is 42.5 Å². The summed E-state index contributed by atoms with van der Waals surface area (Å²) in [6.07, 6.45) is 0. The van der Waals surface area contributed by atoms with E-state index in [0.717, 1.165) is 22.3 Å². The first-order valence-corrected chi connectivity index (χ1v) is 10.3. The zero-order valence-electron chi connectivity index (χ0n) is 19.2. The topological polar surface area (TPSA) is 58.6 Å². The maximum atomic E-state index is 13.1. The van der Waals surface area contributed by atoms with Crippen molar-refractivity contribution in [1.29, 1.82) is 0 Å². The summed E-state index contributed by atoms with van der Waals surface area (Å²) in [4.78, 5) is 27.5. The van der Waals surface area contributed by atoms with Crippen molar-refractivity contribution >= 4 is 11.8 Å². The molecule has 0 bridgehead atoms. The summed E-state index contributed by atoms with van der Waals surface area (Å²) in [5.74, 6) is 0.273. The van der Waals surface area contributed by atoms with Crippen LogP contribution in [0.2, 0.25) is 0 Å². The SMILES string of the molecule is Cc1cccc(CN(C(=O)COc2cc(C)ccc2C)[C@@H](C)C(=O)NC(C)(C)C)c1. The molecule has 0 aliphatic rings. The molecule has 5 heteroatoms. The number of hydrogen-bond donors (Lipinski definition) is 1. The molecule has 0 aliphatic carbocycles. The summed E-state index contributed by atoms with van der Waals surface area (Å²) in [7, 11) is 0. The summed E-state index contributed by atoms with van der Waals surface area (Å²) in [6, 6.07) is 13.2. The van der Waals surface area contributed by atoms with Gasteiger partial charge in [0, 0.05) is 12.1 Å². The van der Waals surface area contributed by atoms with Gasteiger partial charge in [0.25, 0.3) is 5.91 Å². The first kappa shape index (κ1) is 23.5. The molecule has 162 valence electrons. The molecule has 0 saturated carbocycles. The fraction of sp³-hybridized carbons (Fsp3) is 0.440. The summed E-state index contributed by atoms with van der Waals surface area (Å²) in [5, 5.41) is 2.97. The van der Waals surface area contributed by atoms with Crippen LogP contribution in [0.3, 0.4) is 0 Å². The van der Waals surface area contributed by atoms with Crippen LogP contribution < -0.4 is 10.1 Å². The molecule has 5 nitrogen and oxygen atoms in total. The third-order valence-corrected chi connectivity index (χ3v) is 4.80. The summed E-state index contributed by atoms with van der Waals surface area (Å²) < 4.78 is 5.83. The maximum absolute atomic E-state index is 13.1. The number of aryl methyl sites for hydroxylation is 3.